The molecule has 0 saturated carbocycles. The maximum absolute atomic E-state index is 11.5. The fraction of sp³-hybridized carbons (Fsp3) is 0.533. The van der Waals surface area contributed by atoms with Gasteiger partial charge in [-0.05, 0) is 37.2 Å². The van der Waals surface area contributed by atoms with Crippen LogP contribution in [0.3, 0.4) is 0 Å². The number of carbonyl (C=O) groups is 1. The third kappa shape index (κ3) is 8.76. The number of hydrogen-bond donors (Lipinski definition) is 3. The van der Waals surface area contributed by atoms with E-state index in [-0.39, 0.29) is 10.8 Å². The molecule has 22 heavy (non-hydrogen) atoms. The Morgan fingerprint density at radius 1 is 1.18 bits per heavy atom. The van der Waals surface area contributed by atoms with Crippen molar-refractivity contribution in [3.63, 3.8) is 0 Å². The zero-order valence-electron chi connectivity index (χ0n) is 13.7. The molecule has 126 valence electrons. The number of benzene rings is 1. The van der Waals surface area contributed by atoms with E-state index in [2.05, 4.69) is 31.4 Å². The summed E-state index contributed by atoms with van der Waals surface area (Å²) in [6.07, 6.45) is 0.848. The zero-order chi connectivity index (χ0) is 17.2. The third-order valence-corrected chi connectivity index (χ3v) is 3.52. The highest BCUT2D eigenvalue weighted by atomic mass is 32.2. The Labute approximate surface area is 133 Å². The smallest absolute Gasteiger partial charge is 0.251 e. The van der Waals surface area contributed by atoms with Crippen LogP contribution in [0, 0.1) is 0 Å². The quantitative estimate of drug-likeness (QED) is 0.735. The van der Waals surface area contributed by atoms with Gasteiger partial charge in [-0.2, -0.15) is 0 Å². The standard InChI is InChI=1S/C10H14N2O3S.C5H13N/c1-2-7-12-10(13)8-3-5-9(6-4-8)16(11,14)15;1-4-6-5(2)3/h3-6H,2,7H2,1H3,(H,12,13)(H2,11,14,15);5-6H,4H2,1-3H3. The van der Waals surface area contributed by atoms with Gasteiger partial charge in [0.2, 0.25) is 10.0 Å². The van der Waals surface area contributed by atoms with Crippen molar-refractivity contribution in [1.29, 1.82) is 0 Å². The molecule has 1 rings (SSSR count). The molecule has 0 aromatic heterocycles. The maximum Gasteiger partial charge on any atom is 0.251 e. The van der Waals surface area contributed by atoms with Gasteiger partial charge in [-0.3, -0.25) is 4.79 Å². The normalized spacial score (nSPS) is 10.8. The Bertz CT molecular complexity index is 540. The van der Waals surface area contributed by atoms with Crippen LogP contribution in [0.1, 0.15) is 44.5 Å². The molecule has 1 aromatic carbocycles. The number of rotatable bonds is 6. The van der Waals surface area contributed by atoms with Gasteiger partial charge in [-0.15, -0.1) is 0 Å². The Morgan fingerprint density at radius 2 is 1.73 bits per heavy atom. The van der Waals surface area contributed by atoms with Crippen molar-refractivity contribution in [3.05, 3.63) is 29.8 Å². The van der Waals surface area contributed by atoms with Crippen molar-refractivity contribution >= 4 is 15.9 Å². The second-order valence-electron chi connectivity index (χ2n) is 5.04. The fourth-order valence-corrected chi connectivity index (χ4v) is 2.06. The molecular weight excluding hydrogens is 302 g/mol. The van der Waals surface area contributed by atoms with Gasteiger partial charge in [0.15, 0.2) is 0 Å². The predicted octanol–water partition coefficient (Wildman–Crippen LogP) is 1.48. The average Bonchev–Trinajstić information content (AvgIpc) is 2.44. The Morgan fingerprint density at radius 3 is 2.05 bits per heavy atom. The molecule has 0 aliphatic carbocycles. The second-order valence-corrected chi connectivity index (χ2v) is 6.60. The van der Waals surface area contributed by atoms with Crippen LogP contribution in [-0.2, 0) is 10.0 Å². The lowest BCUT2D eigenvalue weighted by molar-refractivity contribution is 0.0953. The number of sulfonamides is 1. The number of nitrogens with two attached hydrogens (primary N) is 1. The van der Waals surface area contributed by atoms with Gasteiger partial charge >= 0.3 is 0 Å². The van der Waals surface area contributed by atoms with Gasteiger partial charge in [-0.1, -0.05) is 27.7 Å². The first kappa shape index (κ1) is 20.6. The van der Waals surface area contributed by atoms with Crippen molar-refractivity contribution in [3.8, 4) is 0 Å². The first-order chi connectivity index (χ1) is 10.2. The molecule has 0 radical (unpaired) electrons. The molecule has 0 aliphatic rings. The van der Waals surface area contributed by atoms with Gasteiger partial charge < -0.3 is 10.6 Å². The number of primary sulfonamides is 1. The van der Waals surface area contributed by atoms with Crippen molar-refractivity contribution in [2.24, 2.45) is 5.14 Å². The van der Waals surface area contributed by atoms with Crippen LogP contribution in [0.2, 0.25) is 0 Å². The van der Waals surface area contributed by atoms with Gasteiger partial charge in [0.05, 0.1) is 4.90 Å². The summed E-state index contributed by atoms with van der Waals surface area (Å²) in [4.78, 5) is 11.5. The minimum absolute atomic E-state index is 0.000425. The summed E-state index contributed by atoms with van der Waals surface area (Å²) in [5.74, 6) is -0.220. The summed E-state index contributed by atoms with van der Waals surface area (Å²) in [5.41, 5.74) is 0.417. The molecule has 1 aromatic rings. The first-order valence-electron chi connectivity index (χ1n) is 7.36. The number of nitrogens with one attached hydrogen (secondary N) is 2. The summed E-state index contributed by atoms with van der Waals surface area (Å²) < 4.78 is 21.9. The summed E-state index contributed by atoms with van der Waals surface area (Å²) in [5, 5.41) is 10.8. The minimum Gasteiger partial charge on any atom is -0.352 e. The number of carbonyl (C=O) groups excluding carboxylic acids is 1. The SMILES string of the molecule is CCCNC(=O)c1ccc(S(N)(=O)=O)cc1.CCNC(C)C. The van der Waals surface area contributed by atoms with Gasteiger partial charge in [0.1, 0.15) is 0 Å². The Hall–Kier alpha value is -1.44. The van der Waals surface area contributed by atoms with E-state index in [0.717, 1.165) is 13.0 Å². The summed E-state index contributed by atoms with van der Waals surface area (Å²) in [6, 6.07) is 6.15. The minimum atomic E-state index is -3.69. The summed E-state index contributed by atoms with van der Waals surface area (Å²) in [7, 11) is -3.69. The fourth-order valence-electron chi connectivity index (χ4n) is 1.54. The topological polar surface area (TPSA) is 101 Å². The molecule has 4 N–H and O–H groups in total. The molecule has 0 unspecified atom stereocenters. The Kier molecular flexibility index (Phi) is 9.64. The van der Waals surface area contributed by atoms with E-state index < -0.39 is 10.0 Å². The molecule has 0 spiro atoms. The average molecular weight is 329 g/mol. The van der Waals surface area contributed by atoms with Crippen molar-refractivity contribution < 1.29 is 13.2 Å². The molecule has 0 fully saturated rings. The highest BCUT2D eigenvalue weighted by Crippen LogP contribution is 2.08. The molecule has 0 heterocycles. The largest absolute Gasteiger partial charge is 0.352 e. The zero-order valence-corrected chi connectivity index (χ0v) is 14.5. The molecule has 0 saturated heterocycles. The first-order valence-corrected chi connectivity index (χ1v) is 8.91. The molecule has 7 heteroatoms. The molecule has 0 atom stereocenters. The van der Waals surface area contributed by atoms with E-state index in [0.29, 0.717) is 18.2 Å². The maximum atomic E-state index is 11.5. The van der Waals surface area contributed by atoms with Crippen molar-refractivity contribution in [1.82, 2.24) is 10.6 Å². The molecule has 0 aliphatic heterocycles. The van der Waals surface area contributed by atoms with E-state index in [1.165, 1.54) is 24.3 Å². The highest BCUT2D eigenvalue weighted by Gasteiger charge is 2.09. The van der Waals surface area contributed by atoms with Crippen LogP contribution in [-0.4, -0.2) is 33.5 Å². The number of amides is 1. The van der Waals surface area contributed by atoms with E-state index in [9.17, 15) is 13.2 Å². The predicted molar refractivity (Wildman–Crippen MR) is 89.3 cm³/mol. The monoisotopic (exact) mass is 329 g/mol. The number of hydrogen-bond acceptors (Lipinski definition) is 4. The molecule has 6 nitrogen and oxygen atoms in total. The lowest BCUT2D eigenvalue weighted by Crippen LogP contribution is -2.24. The van der Waals surface area contributed by atoms with E-state index in [1.807, 2.05) is 6.92 Å². The molecular formula is C15H27N3O3S. The van der Waals surface area contributed by atoms with Crippen LogP contribution in [0.5, 0.6) is 0 Å². The molecule has 0 bridgehead atoms. The van der Waals surface area contributed by atoms with Crippen LogP contribution >= 0.6 is 0 Å². The third-order valence-electron chi connectivity index (χ3n) is 2.59. The van der Waals surface area contributed by atoms with E-state index >= 15 is 0 Å². The van der Waals surface area contributed by atoms with Crippen LogP contribution in [0.25, 0.3) is 0 Å². The van der Waals surface area contributed by atoms with Gasteiger partial charge in [-0.25, -0.2) is 13.6 Å². The van der Waals surface area contributed by atoms with Gasteiger partial charge in [0.25, 0.3) is 5.91 Å². The van der Waals surface area contributed by atoms with Crippen LogP contribution in [0.4, 0.5) is 0 Å². The van der Waals surface area contributed by atoms with Crippen molar-refractivity contribution in [2.45, 2.75) is 45.1 Å². The summed E-state index contributed by atoms with van der Waals surface area (Å²) in [6.45, 7) is 10.0. The Balaban J connectivity index is 0.000000626. The second kappa shape index (κ2) is 10.3. The van der Waals surface area contributed by atoms with E-state index in [4.69, 9.17) is 5.14 Å². The van der Waals surface area contributed by atoms with Crippen molar-refractivity contribution in [2.75, 3.05) is 13.1 Å². The van der Waals surface area contributed by atoms with E-state index in [1.54, 1.807) is 0 Å². The summed E-state index contributed by atoms with van der Waals surface area (Å²) >= 11 is 0. The van der Waals surface area contributed by atoms with Crippen LogP contribution in [0.15, 0.2) is 29.2 Å². The molecule has 1 amide bonds. The lowest BCUT2D eigenvalue weighted by Gasteiger charge is -2.04. The van der Waals surface area contributed by atoms with Crippen LogP contribution < -0.4 is 15.8 Å². The highest BCUT2D eigenvalue weighted by molar-refractivity contribution is 7.89. The van der Waals surface area contributed by atoms with Gasteiger partial charge in [0, 0.05) is 18.2 Å². The lowest BCUT2D eigenvalue weighted by atomic mass is 10.2.